The minimum Gasteiger partial charge on any atom is -0.453 e. The summed E-state index contributed by atoms with van der Waals surface area (Å²) < 4.78 is 6.73. The number of carbonyl (C=O) groups excluding carboxylic acids is 2. The lowest BCUT2D eigenvalue weighted by Gasteiger charge is -2.31. The highest BCUT2D eigenvalue weighted by molar-refractivity contribution is 5.94. The Bertz CT molecular complexity index is 870. The number of hydrogen-bond acceptors (Lipinski definition) is 4. The molecular formula is C22H28N4O3. The quantitative estimate of drug-likeness (QED) is 0.809. The first-order valence-electron chi connectivity index (χ1n) is 10.5. The summed E-state index contributed by atoms with van der Waals surface area (Å²) in [5.74, 6) is -0.102. The number of benzene rings is 1. The molecule has 0 radical (unpaired) electrons. The number of rotatable bonds is 3. The number of nitrogens with zero attached hydrogens (tertiary/aromatic N) is 3. The maximum atomic E-state index is 13.1. The summed E-state index contributed by atoms with van der Waals surface area (Å²) in [5, 5.41) is 7.90. The van der Waals surface area contributed by atoms with Crippen LogP contribution in [0.2, 0.25) is 0 Å². The van der Waals surface area contributed by atoms with Crippen molar-refractivity contribution in [2.75, 3.05) is 20.2 Å². The van der Waals surface area contributed by atoms with E-state index in [2.05, 4.69) is 5.32 Å². The van der Waals surface area contributed by atoms with E-state index in [-0.39, 0.29) is 18.0 Å². The minimum absolute atomic E-state index is 0.0479. The van der Waals surface area contributed by atoms with Crippen molar-refractivity contribution in [2.24, 2.45) is 0 Å². The van der Waals surface area contributed by atoms with Gasteiger partial charge in [-0.1, -0.05) is 24.6 Å². The molecule has 0 unspecified atom stereocenters. The highest BCUT2D eigenvalue weighted by Gasteiger charge is 2.28. The Labute approximate surface area is 171 Å². The second kappa shape index (κ2) is 8.68. The Balaban J connectivity index is 1.53. The number of aromatic nitrogens is 2. The Morgan fingerprint density at radius 1 is 1.07 bits per heavy atom. The molecule has 1 fully saturated rings. The molecule has 1 aliphatic carbocycles. The molecule has 0 atom stereocenters. The zero-order valence-electron chi connectivity index (χ0n) is 16.9. The summed E-state index contributed by atoms with van der Waals surface area (Å²) in [5.41, 5.74) is 3.81. The first-order valence-corrected chi connectivity index (χ1v) is 10.5. The fraction of sp³-hybridized carbons (Fsp3) is 0.500. The van der Waals surface area contributed by atoms with Crippen LogP contribution in [0.4, 0.5) is 4.79 Å². The van der Waals surface area contributed by atoms with Gasteiger partial charge in [0.1, 0.15) is 0 Å². The lowest BCUT2D eigenvalue weighted by Crippen LogP contribution is -2.46. The topological polar surface area (TPSA) is 76.5 Å². The Morgan fingerprint density at radius 2 is 1.79 bits per heavy atom. The molecule has 29 heavy (non-hydrogen) atoms. The van der Waals surface area contributed by atoms with E-state index in [4.69, 9.17) is 9.84 Å². The fourth-order valence-corrected chi connectivity index (χ4v) is 4.33. The molecule has 0 spiro atoms. The first-order chi connectivity index (χ1) is 14.2. The van der Waals surface area contributed by atoms with E-state index in [1.54, 1.807) is 4.90 Å². The minimum atomic E-state index is -0.304. The van der Waals surface area contributed by atoms with Gasteiger partial charge in [0, 0.05) is 30.4 Å². The SMILES string of the molecule is COC(=O)N1CCC(NC(=O)c2nn(-c3ccccc3)c3c2CCCCC3)CC1. The van der Waals surface area contributed by atoms with Gasteiger partial charge in [0.2, 0.25) is 0 Å². The molecule has 7 heteroatoms. The average Bonchev–Trinajstić information content (AvgIpc) is 2.95. The van der Waals surface area contributed by atoms with Crippen molar-refractivity contribution in [3.05, 3.63) is 47.3 Å². The number of hydrogen-bond donors (Lipinski definition) is 1. The Kier molecular flexibility index (Phi) is 5.83. The van der Waals surface area contributed by atoms with Crippen LogP contribution in [0, 0.1) is 0 Å². The Hall–Kier alpha value is -2.83. The number of para-hydroxylation sites is 1. The van der Waals surface area contributed by atoms with Gasteiger partial charge >= 0.3 is 6.09 Å². The van der Waals surface area contributed by atoms with Crippen molar-refractivity contribution in [3.63, 3.8) is 0 Å². The van der Waals surface area contributed by atoms with Gasteiger partial charge in [-0.2, -0.15) is 5.10 Å². The van der Waals surface area contributed by atoms with E-state index < -0.39 is 0 Å². The summed E-state index contributed by atoms with van der Waals surface area (Å²) in [6.45, 7) is 1.18. The summed E-state index contributed by atoms with van der Waals surface area (Å²) in [7, 11) is 1.39. The van der Waals surface area contributed by atoms with Gasteiger partial charge in [0.25, 0.3) is 5.91 Å². The molecule has 1 aliphatic heterocycles. The van der Waals surface area contributed by atoms with Crippen LogP contribution in [0.3, 0.4) is 0 Å². The number of piperidine rings is 1. The zero-order chi connectivity index (χ0) is 20.2. The standard InChI is InChI=1S/C22H28N4O3/c1-29-22(28)25-14-12-16(13-15-25)23-21(27)20-18-10-6-3-7-11-19(18)26(24-20)17-8-4-2-5-9-17/h2,4-5,8-9,16H,3,6-7,10-15H2,1H3,(H,23,27). The molecule has 1 aromatic heterocycles. The van der Waals surface area contributed by atoms with Crippen molar-refractivity contribution >= 4 is 12.0 Å². The normalized spacial score (nSPS) is 17.3. The van der Waals surface area contributed by atoms with Crippen molar-refractivity contribution in [1.82, 2.24) is 20.0 Å². The monoisotopic (exact) mass is 396 g/mol. The molecule has 7 nitrogen and oxygen atoms in total. The van der Waals surface area contributed by atoms with Gasteiger partial charge < -0.3 is 15.0 Å². The van der Waals surface area contributed by atoms with Crippen LogP contribution in [-0.4, -0.2) is 52.9 Å². The molecule has 1 N–H and O–H groups in total. The van der Waals surface area contributed by atoms with Crippen LogP contribution in [0.15, 0.2) is 30.3 Å². The summed E-state index contributed by atoms with van der Waals surface area (Å²) in [4.78, 5) is 26.5. The maximum Gasteiger partial charge on any atom is 0.409 e. The number of amides is 2. The largest absolute Gasteiger partial charge is 0.453 e. The molecule has 4 rings (SSSR count). The highest BCUT2D eigenvalue weighted by atomic mass is 16.5. The van der Waals surface area contributed by atoms with Gasteiger partial charge in [-0.15, -0.1) is 0 Å². The van der Waals surface area contributed by atoms with Gasteiger partial charge in [-0.05, 0) is 50.7 Å². The van der Waals surface area contributed by atoms with Crippen molar-refractivity contribution < 1.29 is 14.3 Å². The number of carbonyl (C=O) groups is 2. The molecule has 2 amide bonds. The number of fused-ring (bicyclic) bond motifs is 1. The van der Waals surface area contributed by atoms with Gasteiger partial charge in [-0.3, -0.25) is 4.79 Å². The molecular weight excluding hydrogens is 368 g/mol. The molecule has 154 valence electrons. The second-order valence-corrected chi connectivity index (χ2v) is 7.79. The van der Waals surface area contributed by atoms with Crippen LogP contribution in [-0.2, 0) is 17.6 Å². The maximum absolute atomic E-state index is 13.1. The predicted molar refractivity (Wildman–Crippen MR) is 109 cm³/mol. The zero-order valence-corrected chi connectivity index (χ0v) is 16.9. The third-order valence-corrected chi connectivity index (χ3v) is 5.91. The Morgan fingerprint density at radius 3 is 2.52 bits per heavy atom. The molecule has 1 aromatic carbocycles. The lowest BCUT2D eigenvalue weighted by molar-refractivity contribution is 0.0886. The third kappa shape index (κ3) is 4.13. The number of likely N-dealkylation sites (tertiary alicyclic amines) is 1. The third-order valence-electron chi connectivity index (χ3n) is 5.91. The van der Waals surface area contributed by atoms with Gasteiger partial charge in [0.05, 0.1) is 12.8 Å². The van der Waals surface area contributed by atoms with E-state index in [9.17, 15) is 9.59 Å². The molecule has 2 aliphatic rings. The summed E-state index contributed by atoms with van der Waals surface area (Å²) >= 11 is 0. The second-order valence-electron chi connectivity index (χ2n) is 7.79. The van der Waals surface area contributed by atoms with E-state index >= 15 is 0 Å². The summed E-state index contributed by atoms with van der Waals surface area (Å²) in [6.07, 6.45) is 6.38. The van der Waals surface area contributed by atoms with Crippen LogP contribution in [0.5, 0.6) is 0 Å². The van der Waals surface area contributed by atoms with Crippen molar-refractivity contribution in [1.29, 1.82) is 0 Å². The number of methoxy groups -OCH3 is 1. The van der Waals surface area contributed by atoms with Crippen LogP contribution < -0.4 is 5.32 Å². The van der Waals surface area contributed by atoms with Crippen molar-refractivity contribution in [3.8, 4) is 5.69 Å². The molecule has 2 aromatic rings. The van der Waals surface area contributed by atoms with E-state index in [0.29, 0.717) is 18.8 Å². The van der Waals surface area contributed by atoms with E-state index in [1.165, 1.54) is 19.2 Å². The van der Waals surface area contributed by atoms with E-state index in [0.717, 1.165) is 49.8 Å². The van der Waals surface area contributed by atoms with Crippen LogP contribution in [0.1, 0.15) is 53.8 Å². The summed E-state index contributed by atoms with van der Waals surface area (Å²) in [6, 6.07) is 10.1. The fourth-order valence-electron chi connectivity index (χ4n) is 4.33. The van der Waals surface area contributed by atoms with Gasteiger partial charge in [0.15, 0.2) is 5.69 Å². The number of ether oxygens (including phenoxy) is 1. The highest BCUT2D eigenvalue weighted by Crippen LogP contribution is 2.26. The van der Waals surface area contributed by atoms with Crippen molar-refractivity contribution in [2.45, 2.75) is 51.0 Å². The smallest absolute Gasteiger partial charge is 0.409 e. The molecule has 1 saturated heterocycles. The molecule has 0 bridgehead atoms. The average molecular weight is 396 g/mol. The molecule has 2 heterocycles. The number of nitrogens with one attached hydrogen (secondary N) is 1. The van der Waals surface area contributed by atoms with Crippen LogP contribution in [0.25, 0.3) is 5.69 Å². The van der Waals surface area contributed by atoms with Gasteiger partial charge in [-0.25, -0.2) is 9.48 Å². The molecule has 0 saturated carbocycles. The predicted octanol–water partition coefficient (Wildman–Crippen LogP) is 3.10. The lowest BCUT2D eigenvalue weighted by atomic mass is 10.0. The van der Waals surface area contributed by atoms with E-state index in [1.807, 2.05) is 35.0 Å². The first kappa shape index (κ1) is 19.5. The van der Waals surface area contributed by atoms with Crippen LogP contribution >= 0.6 is 0 Å².